The van der Waals surface area contributed by atoms with Crippen LogP contribution in [0.25, 0.3) is 0 Å². The molecule has 4 rings (SSSR count). The lowest BCUT2D eigenvalue weighted by atomic mass is 9.95. The second kappa shape index (κ2) is 9.92. The van der Waals surface area contributed by atoms with Gasteiger partial charge in [-0.15, -0.1) is 0 Å². The SMILES string of the molecule is O=C(O)[C@@H]1CCCN1C(=O)[C@H](NC(c1ccc(F)cc1)c1ccc(F)cc1)c1ccccc1. The van der Waals surface area contributed by atoms with Gasteiger partial charge in [0.05, 0.1) is 6.04 Å². The summed E-state index contributed by atoms with van der Waals surface area (Å²) in [5, 5.41) is 12.9. The summed E-state index contributed by atoms with van der Waals surface area (Å²) in [7, 11) is 0. The molecule has 2 atom stereocenters. The molecule has 1 aliphatic heterocycles. The van der Waals surface area contributed by atoms with Crippen LogP contribution in [-0.4, -0.2) is 34.5 Å². The van der Waals surface area contributed by atoms with Gasteiger partial charge < -0.3 is 10.0 Å². The molecule has 170 valence electrons. The van der Waals surface area contributed by atoms with Crippen molar-refractivity contribution in [3.63, 3.8) is 0 Å². The Morgan fingerprint density at radius 1 is 0.848 bits per heavy atom. The first-order chi connectivity index (χ1) is 15.9. The van der Waals surface area contributed by atoms with E-state index in [-0.39, 0.29) is 5.91 Å². The van der Waals surface area contributed by atoms with Crippen LogP contribution in [0.15, 0.2) is 78.9 Å². The van der Waals surface area contributed by atoms with Gasteiger partial charge in [0, 0.05) is 6.54 Å². The molecule has 3 aromatic carbocycles. The molecule has 2 N–H and O–H groups in total. The third-order valence-corrected chi connectivity index (χ3v) is 5.94. The monoisotopic (exact) mass is 450 g/mol. The molecule has 1 saturated heterocycles. The summed E-state index contributed by atoms with van der Waals surface area (Å²) in [6.45, 7) is 0.360. The summed E-state index contributed by atoms with van der Waals surface area (Å²) in [4.78, 5) is 26.8. The van der Waals surface area contributed by atoms with Gasteiger partial charge in [0.25, 0.3) is 0 Å². The standard InChI is InChI=1S/C26H24F2N2O3/c27-20-12-8-18(9-13-20)23(19-10-14-21(28)15-11-19)29-24(17-5-2-1-3-6-17)25(31)30-16-4-7-22(30)26(32)33/h1-3,5-6,8-15,22-24,29H,4,7,16H2,(H,32,33)/t22-,24+/m0/s1. The summed E-state index contributed by atoms with van der Waals surface area (Å²) in [5.74, 6) is -2.16. The second-order valence-corrected chi connectivity index (χ2v) is 8.07. The first-order valence-corrected chi connectivity index (χ1v) is 10.8. The van der Waals surface area contributed by atoms with E-state index in [0.717, 1.165) is 0 Å². The summed E-state index contributed by atoms with van der Waals surface area (Å²) in [6, 6.07) is 18.5. The topological polar surface area (TPSA) is 69.6 Å². The maximum atomic E-state index is 13.6. The van der Waals surface area contributed by atoms with Crippen molar-refractivity contribution in [3.8, 4) is 0 Å². The molecule has 0 radical (unpaired) electrons. The number of nitrogens with zero attached hydrogens (tertiary/aromatic N) is 1. The zero-order chi connectivity index (χ0) is 23.4. The number of carboxylic acid groups (broad SMARTS) is 1. The maximum Gasteiger partial charge on any atom is 0.326 e. The Labute approximate surface area is 190 Å². The number of likely N-dealkylation sites (tertiary alicyclic amines) is 1. The average Bonchev–Trinajstić information content (AvgIpc) is 3.32. The number of hydrogen-bond donors (Lipinski definition) is 2. The molecule has 1 aliphatic rings. The van der Waals surface area contributed by atoms with Gasteiger partial charge in [-0.05, 0) is 53.8 Å². The van der Waals surface area contributed by atoms with Crippen LogP contribution in [0.4, 0.5) is 8.78 Å². The number of amides is 1. The van der Waals surface area contributed by atoms with Crippen molar-refractivity contribution in [2.24, 2.45) is 0 Å². The molecule has 1 amide bonds. The first-order valence-electron chi connectivity index (χ1n) is 10.8. The van der Waals surface area contributed by atoms with Gasteiger partial charge in [0.2, 0.25) is 5.91 Å². The van der Waals surface area contributed by atoms with Crippen molar-refractivity contribution >= 4 is 11.9 Å². The highest BCUT2D eigenvalue weighted by molar-refractivity contribution is 5.88. The Hall–Kier alpha value is -3.58. The highest BCUT2D eigenvalue weighted by atomic mass is 19.1. The third-order valence-electron chi connectivity index (χ3n) is 5.94. The van der Waals surface area contributed by atoms with Crippen LogP contribution in [0.2, 0.25) is 0 Å². The Morgan fingerprint density at radius 2 is 1.39 bits per heavy atom. The molecule has 0 aromatic heterocycles. The van der Waals surface area contributed by atoms with Crippen LogP contribution in [0.3, 0.4) is 0 Å². The molecule has 3 aromatic rings. The zero-order valence-corrected chi connectivity index (χ0v) is 17.8. The van der Waals surface area contributed by atoms with Crippen molar-refractivity contribution in [1.29, 1.82) is 0 Å². The molecular weight excluding hydrogens is 426 g/mol. The lowest BCUT2D eigenvalue weighted by Crippen LogP contribution is -2.47. The lowest BCUT2D eigenvalue weighted by molar-refractivity contribution is -0.149. The molecule has 0 spiro atoms. The molecule has 0 bridgehead atoms. The van der Waals surface area contributed by atoms with Crippen molar-refractivity contribution in [3.05, 3.63) is 107 Å². The highest BCUT2D eigenvalue weighted by Crippen LogP contribution is 2.30. The predicted octanol–water partition coefficient (Wildman–Crippen LogP) is 4.46. The van der Waals surface area contributed by atoms with Crippen molar-refractivity contribution < 1.29 is 23.5 Å². The molecule has 5 nitrogen and oxygen atoms in total. The number of carbonyl (C=O) groups excluding carboxylic acids is 1. The van der Waals surface area contributed by atoms with Crippen LogP contribution >= 0.6 is 0 Å². The molecule has 33 heavy (non-hydrogen) atoms. The third kappa shape index (κ3) is 5.09. The van der Waals surface area contributed by atoms with Crippen molar-refractivity contribution in [2.75, 3.05) is 6.54 Å². The molecule has 1 fully saturated rings. The molecule has 0 saturated carbocycles. The van der Waals surface area contributed by atoms with Gasteiger partial charge >= 0.3 is 5.97 Å². The lowest BCUT2D eigenvalue weighted by Gasteiger charge is -2.31. The fraction of sp³-hybridized carbons (Fsp3) is 0.231. The summed E-state index contributed by atoms with van der Waals surface area (Å²) >= 11 is 0. The van der Waals surface area contributed by atoms with Gasteiger partial charge in [0.1, 0.15) is 23.7 Å². The summed E-state index contributed by atoms with van der Waals surface area (Å²) in [6.07, 6.45) is 1.02. The van der Waals surface area contributed by atoms with E-state index in [4.69, 9.17) is 0 Å². The van der Waals surface area contributed by atoms with Crippen LogP contribution in [0, 0.1) is 11.6 Å². The maximum absolute atomic E-state index is 13.6. The molecule has 0 aliphatic carbocycles. The minimum absolute atomic E-state index is 0.347. The Kier molecular flexibility index (Phi) is 6.79. The van der Waals surface area contributed by atoms with Crippen LogP contribution in [0.1, 0.15) is 41.6 Å². The predicted molar refractivity (Wildman–Crippen MR) is 119 cm³/mol. The zero-order valence-electron chi connectivity index (χ0n) is 17.8. The number of hydrogen-bond acceptors (Lipinski definition) is 3. The molecular formula is C26H24F2N2O3. The molecule has 1 heterocycles. The summed E-state index contributed by atoms with van der Waals surface area (Å²) in [5.41, 5.74) is 2.05. The fourth-order valence-corrected chi connectivity index (χ4v) is 4.27. The normalized spacial score (nSPS) is 16.7. The van der Waals surface area contributed by atoms with Crippen molar-refractivity contribution in [2.45, 2.75) is 31.0 Å². The van der Waals surface area contributed by atoms with E-state index in [2.05, 4.69) is 5.32 Å². The van der Waals surface area contributed by atoms with E-state index < -0.39 is 35.7 Å². The number of benzene rings is 3. The van der Waals surface area contributed by atoms with Gasteiger partial charge in [-0.25, -0.2) is 13.6 Å². The Bertz CT molecular complexity index is 1060. The Morgan fingerprint density at radius 3 is 1.91 bits per heavy atom. The van der Waals surface area contributed by atoms with Gasteiger partial charge in [0.15, 0.2) is 0 Å². The minimum atomic E-state index is -1.03. The van der Waals surface area contributed by atoms with Crippen LogP contribution in [0.5, 0.6) is 0 Å². The van der Waals surface area contributed by atoms with E-state index in [1.807, 2.05) is 6.07 Å². The molecule has 0 unspecified atom stereocenters. The smallest absolute Gasteiger partial charge is 0.326 e. The number of carbonyl (C=O) groups is 2. The quantitative estimate of drug-likeness (QED) is 0.558. The first kappa shape index (κ1) is 22.6. The second-order valence-electron chi connectivity index (χ2n) is 8.07. The van der Waals surface area contributed by atoms with Gasteiger partial charge in [-0.3, -0.25) is 10.1 Å². The summed E-state index contributed by atoms with van der Waals surface area (Å²) < 4.78 is 27.2. The fourth-order valence-electron chi connectivity index (χ4n) is 4.27. The largest absolute Gasteiger partial charge is 0.480 e. The average molecular weight is 450 g/mol. The van der Waals surface area contributed by atoms with E-state index in [9.17, 15) is 23.5 Å². The number of halogens is 2. The van der Waals surface area contributed by atoms with Crippen LogP contribution in [-0.2, 0) is 9.59 Å². The van der Waals surface area contributed by atoms with Gasteiger partial charge in [-0.1, -0.05) is 54.6 Å². The highest BCUT2D eigenvalue weighted by Gasteiger charge is 2.38. The van der Waals surface area contributed by atoms with Gasteiger partial charge in [-0.2, -0.15) is 0 Å². The van der Waals surface area contributed by atoms with E-state index in [0.29, 0.717) is 36.1 Å². The molecule has 7 heteroatoms. The van der Waals surface area contributed by atoms with E-state index in [1.165, 1.54) is 29.2 Å². The Balaban J connectivity index is 1.74. The van der Waals surface area contributed by atoms with E-state index in [1.54, 1.807) is 48.5 Å². The van der Waals surface area contributed by atoms with Crippen molar-refractivity contribution in [1.82, 2.24) is 10.2 Å². The number of aliphatic carboxylic acids is 1. The number of carboxylic acids is 1. The number of rotatable bonds is 7. The minimum Gasteiger partial charge on any atom is -0.480 e. The van der Waals surface area contributed by atoms with E-state index >= 15 is 0 Å². The number of nitrogens with one attached hydrogen (secondary N) is 1. The van der Waals surface area contributed by atoms with Crippen LogP contribution < -0.4 is 5.32 Å².